The maximum atomic E-state index is 13.0. The van der Waals surface area contributed by atoms with Crippen LogP contribution in [0.25, 0.3) is 10.9 Å². The number of carbonyl (C=O) groups excluding carboxylic acids is 1. The van der Waals surface area contributed by atoms with Crippen LogP contribution in [0.4, 0.5) is 23.2 Å². The van der Waals surface area contributed by atoms with Gasteiger partial charge in [0.2, 0.25) is 5.91 Å². The normalized spacial score (nSPS) is 25.1. The molecule has 0 unspecified atom stereocenters. The Morgan fingerprint density at radius 1 is 1.03 bits per heavy atom. The van der Waals surface area contributed by atoms with E-state index in [4.69, 9.17) is 4.74 Å². The van der Waals surface area contributed by atoms with Crippen molar-refractivity contribution in [3.05, 3.63) is 59.8 Å². The fraction of sp³-hybridized carbons (Fsp3) is 0.375. The molecule has 3 aromatic rings. The lowest BCUT2D eigenvalue weighted by Gasteiger charge is -2.35. The van der Waals surface area contributed by atoms with Crippen LogP contribution in [-0.4, -0.2) is 23.2 Å². The molecule has 5 rings (SSSR count). The van der Waals surface area contributed by atoms with E-state index in [1.165, 1.54) is 12.1 Å². The molecule has 1 aromatic heterocycles. The third-order valence-corrected chi connectivity index (χ3v) is 6.47. The molecule has 4 nitrogen and oxygen atoms in total. The van der Waals surface area contributed by atoms with Gasteiger partial charge in [0.25, 0.3) is 0 Å². The summed E-state index contributed by atoms with van der Waals surface area (Å²) in [5.74, 6) is 0.377. The number of amides is 1. The molecule has 1 amide bonds. The van der Waals surface area contributed by atoms with Crippen molar-refractivity contribution in [1.82, 2.24) is 4.98 Å². The molecular formula is C24H22F4N2O2. The molecular weight excluding hydrogens is 424 g/mol. The number of aromatic nitrogens is 1. The van der Waals surface area contributed by atoms with Gasteiger partial charge < -0.3 is 15.0 Å². The lowest BCUT2D eigenvalue weighted by Crippen LogP contribution is -2.35. The van der Waals surface area contributed by atoms with Crippen molar-refractivity contribution < 1.29 is 27.1 Å². The Hall–Kier alpha value is -3.03. The zero-order valence-electron chi connectivity index (χ0n) is 17.1. The Morgan fingerprint density at radius 2 is 1.75 bits per heavy atom. The van der Waals surface area contributed by atoms with Gasteiger partial charge >= 0.3 is 6.18 Å². The van der Waals surface area contributed by atoms with Crippen LogP contribution in [0.1, 0.15) is 42.7 Å². The molecule has 8 heteroatoms. The molecule has 2 saturated carbocycles. The zero-order chi connectivity index (χ0) is 22.5. The van der Waals surface area contributed by atoms with Gasteiger partial charge in [-0.25, -0.2) is 4.39 Å². The molecule has 0 spiro atoms. The summed E-state index contributed by atoms with van der Waals surface area (Å²) in [4.78, 5) is 15.4. The molecule has 2 fully saturated rings. The quantitative estimate of drug-likeness (QED) is 0.459. The second-order valence-corrected chi connectivity index (χ2v) is 8.69. The molecule has 1 heterocycles. The molecule has 0 bridgehead atoms. The third-order valence-electron chi connectivity index (χ3n) is 6.47. The highest BCUT2D eigenvalue weighted by Gasteiger charge is 2.35. The zero-order valence-corrected chi connectivity index (χ0v) is 17.1. The standard InChI is InChI=1S/C24H22F4N2O2/c25-17-7-15(8-17)23(31)30-22-12-29-21-6-5-18(11-20(21)22)32-19-9-14(10-19)13-1-3-16(4-2-13)24(26,27)28/h1-6,11-12,14-15,17,19,29H,7-10H2,(H,30,31)/t14-,15?,17?,19+. The van der Waals surface area contributed by atoms with E-state index >= 15 is 0 Å². The van der Waals surface area contributed by atoms with Crippen LogP contribution in [0.5, 0.6) is 5.75 Å². The highest BCUT2D eigenvalue weighted by atomic mass is 19.4. The van der Waals surface area contributed by atoms with Crippen molar-refractivity contribution in [2.24, 2.45) is 5.92 Å². The number of hydrogen-bond acceptors (Lipinski definition) is 2. The number of rotatable bonds is 5. The van der Waals surface area contributed by atoms with Gasteiger partial charge in [-0.2, -0.15) is 13.2 Å². The highest BCUT2D eigenvalue weighted by molar-refractivity contribution is 6.03. The number of ether oxygens (including phenoxy) is 1. The molecule has 2 N–H and O–H groups in total. The summed E-state index contributed by atoms with van der Waals surface area (Å²) >= 11 is 0. The lowest BCUT2D eigenvalue weighted by atomic mass is 9.77. The number of hydrogen-bond donors (Lipinski definition) is 2. The first kappa shape index (κ1) is 20.8. The topological polar surface area (TPSA) is 54.1 Å². The van der Waals surface area contributed by atoms with E-state index in [0.717, 1.165) is 41.4 Å². The second-order valence-electron chi connectivity index (χ2n) is 8.69. The van der Waals surface area contributed by atoms with Crippen LogP contribution in [0.2, 0.25) is 0 Å². The smallest absolute Gasteiger partial charge is 0.416 e. The summed E-state index contributed by atoms with van der Waals surface area (Å²) in [7, 11) is 0. The minimum absolute atomic E-state index is 0.0202. The number of nitrogens with one attached hydrogen (secondary N) is 2. The summed E-state index contributed by atoms with van der Waals surface area (Å²) in [5.41, 5.74) is 1.73. The second kappa shape index (κ2) is 7.83. The van der Waals surface area contributed by atoms with Gasteiger partial charge in [0.1, 0.15) is 11.9 Å². The summed E-state index contributed by atoms with van der Waals surface area (Å²) < 4.78 is 57.2. The lowest BCUT2D eigenvalue weighted by molar-refractivity contribution is -0.137. The summed E-state index contributed by atoms with van der Waals surface area (Å²) in [6.45, 7) is 0. The van der Waals surface area contributed by atoms with Crippen LogP contribution in [0.15, 0.2) is 48.7 Å². The Labute approximate surface area is 182 Å². The fourth-order valence-electron chi connectivity index (χ4n) is 4.34. The molecule has 32 heavy (non-hydrogen) atoms. The number of carbonyl (C=O) groups is 1. The van der Waals surface area contributed by atoms with Gasteiger partial charge in [0.15, 0.2) is 0 Å². The molecule has 2 aromatic carbocycles. The van der Waals surface area contributed by atoms with Crippen molar-refractivity contribution in [2.75, 3.05) is 5.32 Å². The van der Waals surface area contributed by atoms with Gasteiger partial charge in [-0.05, 0) is 67.5 Å². The number of fused-ring (bicyclic) bond motifs is 1. The average molecular weight is 446 g/mol. The summed E-state index contributed by atoms with van der Waals surface area (Å²) in [6, 6.07) is 10.9. The van der Waals surface area contributed by atoms with Gasteiger partial charge in [0.05, 0.1) is 17.4 Å². The van der Waals surface area contributed by atoms with Crippen LogP contribution >= 0.6 is 0 Å². The van der Waals surface area contributed by atoms with E-state index in [2.05, 4.69) is 10.3 Å². The maximum absolute atomic E-state index is 13.0. The molecule has 168 valence electrons. The van der Waals surface area contributed by atoms with Crippen LogP contribution in [-0.2, 0) is 11.0 Å². The number of aromatic amines is 1. The number of benzene rings is 2. The Morgan fingerprint density at radius 3 is 2.41 bits per heavy atom. The largest absolute Gasteiger partial charge is 0.490 e. The first-order chi connectivity index (χ1) is 15.3. The minimum atomic E-state index is -4.33. The average Bonchev–Trinajstić information content (AvgIpc) is 3.09. The first-order valence-corrected chi connectivity index (χ1v) is 10.7. The van der Waals surface area contributed by atoms with E-state index < -0.39 is 17.9 Å². The van der Waals surface area contributed by atoms with Crippen molar-refractivity contribution in [2.45, 2.75) is 50.1 Å². The molecule has 0 saturated heterocycles. The van der Waals surface area contributed by atoms with Gasteiger partial charge in [-0.3, -0.25) is 4.79 Å². The Bertz CT molecular complexity index is 1130. The predicted molar refractivity (Wildman–Crippen MR) is 112 cm³/mol. The number of anilines is 1. The number of H-pyrrole nitrogens is 1. The summed E-state index contributed by atoms with van der Waals surface area (Å²) in [6.07, 6.45) is -1.53. The molecule has 2 aliphatic rings. The first-order valence-electron chi connectivity index (χ1n) is 10.7. The Kier molecular flexibility index (Phi) is 5.10. The third kappa shape index (κ3) is 4.06. The SMILES string of the molecule is O=C(Nc1c[nH]c2ccc(O[C@H]3C[C@@H](c4ccc(C(F)(F)F)cc4)C3)cc12)C1CC(F)C1. The van der Waals surface area contributed by atoms with E-state index in [9.17, 15) is 22.4 Å². The van der Waals surface area contributed by atoms with Gasteiger partial charge in [-0.15, -0.1) is 0 Å². The van der Waals surface area contributed by atoms with E-state index in [-0.39, 0.29) is 36.7 Å². The fourth-order valence-corrected chi connectivity index (χ4v) is 4.34. The monoisotopic (exact) mass is 446 g/mol. The Balaban J connectivity index is 1.20. The van der Waals surface area contributed by atoms with E-state index in [0.29, 0.717) is 11.4 Å². The number of alkyl halides is 4. The van der Waals surface area contributed by atoms with Crippen LogP contribution < -0.4 is 10.1 Å². The molecule has 2 aliphatic carbocycles. The van der Waals surface area contributed by atoms with Crippen molar-refractivity contribution in [3.8, 4) is 5.75 Å². The predicted octanol–water partition coefficient (Wildman–Crippen LogP) is 6.20. The van der Waals surface area contributed by atoms with Gasteiger partial charge in [0, 0.05) is 23.0 Å². The van der Waals surface area contributed by atoms with Crippen molar-refractivity contribution >= 4 is 22.5 Å². The van der Waals surface area contributed by atoms with E-state index in [1.54, 1.807) is 6.20 Å². The van der Waals surface area contributed by atoms with Crippen molar-refractivity contribution in [3.63, 3.8) is 0 Å². The molecule has 0 atom stereocenters. The van der Waals surface area contributed by atoms with Crippen molar-refractivity contribution in [1.29, 1.82) is 0 Å². The molecule has 0 radical (unpaired) electrons. The highest BCUT2D eigenvalue weighted by Crippen LogP contribution is 2.41. The van der Waals surface area contributed by atoms with Gasteiger partial charge in [-0.1, -0.05) is 12.1 Å². The molecule has 0 aliphatic heterocycles. The van der Waals surface area contributed by atoms with Crippen LogP contribution in [0, 0.1) is 5.92 Å². The summed E-state index contributed by atoms with van der Waals surface area (Å²) in [5, 5.41) is 3.68. The minimum Gasteiger partial charge on any atom is -0.490 e. The van der Waals surface area contributed by atoms with E-state index in [1.807, 2.05) is 18.2 Å². The van der Waals surface area contributed by atoms with Crippen LogP contribution in [0.3, 0.4) is 0 Å². The maximum Gasteiger partial charge on any atom is 0.416 e. The number of halogens is 4.